The van der Waals surface area contributed by atoms with Gasteiger partial charge >= 0.3 is 0 Å². The molecule has 0 aliphatic heterocycles. The van der Waals surface area contributed by atoms with Gasteiger partial charge in [0.2, 0.25) is 11.7 Å². The molecular weight excluding hydrogens is 244 g/mol. The summed E-state index contributed by atoms with van der Waals surface area (Å²) in [5.41, 5.74) is -0.954. The van der Waals surface area contributed by atoms with Gasteiger partial charge in [-0.25, -0.2) is 0 Å². The lowest BCUT2D eigenvalue weighted by Gasteiger charge is -2.23. The van der Waals surface area contributed by atoms with Gasteiger partial charge in [0.15, 0.2) is 0 Å². The van der Waals surface area contributed by atoms with E-state index in [0.29, 0.717) is 18.3 Å². The monoisotopic (exact) mass is 268 g/mol. The molecule has 1 atom stereocenters. The number of rotatable bonds is 6. The fourth-order valence-electron chi connectivity index (χ4n) is 1.59. The number of aromatic nitrogens is 2. The van der Waals surface area contributed by atoms with Crippen LogP contribution >= 0.6 is 0 Å². The molecule has 0 aromatic carbocycles. The number of nitrogens with zero attached hydrogens (tertiary/aromatic N) is 2. The predicted molar refractivity (Wildman–Crippen MR) is 71.7 cm³/mol. The molecule has 1 aromatic heterocycles. The second-order valence-electron chi connectivity index (χ2n) is 5.88. The van der Waals surface area contributed by atoms with Crippen LogP contribution in [0.3, 0.4) is 0 Å². The van der Waals surface area contributed by atoms with Crippen molar-refractivity contribution in [2.75, 3.05) is 6.61 Å². The Morgan fingerprint density at radius 3 is 2.37 bits per heavy atom. The van der Waals surface area contributed by atoms with Crippen LogP contribution in [0, 0.1) is 5.41 Å². The Labute approximate surface area is 114 Å². The van der Waals surface area contributed by atoms with E-state index in [1.165, 1.54) is 0 Å². The number of carbonyl (C=O) groups is 1. The number of carbonyl (C=O) groups excluding carboxylic acids is 1. The maximum absolute atomic E-state index is 11.9. The third-order valence-electron chi connectivity index (χ3n) is 3.23. The first-order valence-corrected chi connectivity index (χ1v) is 6.73. The highest BCUT2D eigenvalue weighted by atomic mass is 16.5. The summed E-state index contributed by atoms with van der Waals surface area (Å²) in [6, 6.07) is 0. The Hall–Kier alpha value is -1.23. The van der Waals surface area contributed by atoms with E-state index in [0.717, 1.165) is 6.42 Å². The summed E-state index contributed by atoms with van der Waals surface area (Å²) >= 11 is 0. The molecule has 0 radical (unpaired) electrons. The topological polar surface area (TPSA) is 65.2 Å². The van der Waals surface area contributed by atoms with Crippen molar-refractivity contribution in [1.29, 1.82) is 0 Å². The molecule has 0 saturated heterocycles. The Kier molecular flexibility index (Phi) is 4.85. The van der Waals surface area contributed by atoms with E-state index in [2.05, 4.69) is 10.1 Å². The Morgan fingerprint density at radius 1 is 1.26 bits per heavy atom. The van der Waals surface area contributed by atoms with E-state index in [-0.39, 0.29) is 12.2 Å². The Balaban J connectivity index is 2.85. The molecule has 0 aliphatic carbocycles. The highest BCUT2D eigenvalue weighted by molar-refractivity contribution is 5.84. The van der Waals surface area contributed by atoms with E-state index in [9.17, 15) is 4.79 Å². The zero-order valence-corrected chi connectivity index (χ0v) is 12.7. The third-order valence-corrected chi connectivity index (χ3v) is 3.23. The van der Waals surface area contributed by atoms with Gasteiger partial charge in [-0.2, -0.15) is 4.98 Å². The van der Waals surface area contributed by atoms with Crippen LogP contribution in [0.15, 0.2) is 4.52 Å². The summed E-state index contributed by atoms with van der Waals surface area (Å²) in [5, 5.41) is 3.95. The maximum atomic E-state index is 11.9. The lowest BCUT2D eigenvalue weighted by atomic mass is 9.89. The largest absolute Gasteiger partial charge is 0.367 e. The third kappa shape index (κ3) is 3.86. The average molecular weight is 268 g/mol. The minimum Gasteiger partial charge on any atom is -0.367 e. The molecule has 0 spiro atoms. The van der Waals surface area contributed by atoms with E-state index in [1.54, 1.807) is 0 Å². The first-order chi connectivity index (χ1) is 8.73. The van der Waals surface area contributed by atoms with Crippen molar-refractivity contribution in [3.63, 3.8) is 0 Å². The van der Waals surface area contributed by atoms with Gasteiger partial charge in [-0.3, -0.25) is 4.79 Å². The van der Waals surface area contributed by atoms with Gasteiger partial charge in [-0.1, -0.05) is 32.9 Å². The number of Topliss-reactive ketones (excluding diaryl/α,β-unsaturated/α-hetero) is 1. The second kappa shape index (κ2) is 5.82. The molecule has 0 aliphatic rings. The van der Waals surface area contributed by atoms with E-state index in [1.807, 2.05) is 41.5 Å². The molecule has 0 bridgehead atoms. The predicted octanol–water partition coefficient (Wildman–Crippen LogP) is 2.89. The smallest absolute Gasteiger partial charge is 0.234 e. The maximum Gasteiger partial charge on any atom is 0.234 e. The van der Waals surface area contributed by atoms with Crippen LogP contribution in [0.4, 0.5) is 0 Å². The SMILES string of the molecule is CCOC(C)(CC)c1noc(CC(=O)C(C)(C)C)n1. The molecule has 1 unspecified atom stereocenters. The van der Waals surface area contributed by atoms with Crippen LogP contribution in [0.2, 0.25) is 0 Å². The molecular formula is C14H24N2O3. The Bertz CT molecular complexity index is 434. The zero-order valence-electron chi connectivity index (χ0n) is 12.7. The minimum absolute atomic E-state index is 0.0808. The van der Waals surface area contributed by atoms with Crippen molar-refractivity contribution in [3.05, 3.63) is 11.7 Å². The van der Waals surface area contributed by atoms with Crippen LogP contribution in [0.5, 0.6) is 0 Å². The van der Waals surface area contributed by atoms with Gasteiger partial charge in [0.05, 0.1) is 6.42 Å². The van der Waals surface area contributed by atoms with Crippen molar-refractivity contribution >= 4 is 5.78 Å². The lowest BCUT2D eigenvalue weighted by Crippen LogP contribution is -2.27. The highest BCUT2D eigenvalue weighted by Gasteiger charge is 2.32. The number of ketones is 1. The summed E-state index contributed by atoms with van der Waals surface area (Å²) in [6.07, 6.45) is 0.912. The summed E-state index contributed by atoms with van der Waals surface area (Å²) < 4.78 is 10.8. The fourth-order valence-corrected chi connectivity index (χ4v) is 1.59. The summed E-state index contributed by atoms with van der Waals surface area (Å²) in [7, 11) is 0. The van der Waals surface area contributed by atoms with E-state index in [4.69, 9.17) is 9.26 Å². The van der Waals surface area contributed by atoms with Crippen molar-refractivity contribution < 1.29 is 14.1 Å². The minimum atomic E-state index is -0.554. The molecule has 1 rings (SSSR count). The summed E-state index contributed by atoms with van der Waals surface area (Å²) in [5.74, 6) is 0.945. The first-order valence-electron chi connectivity index (χ1n) is 6.73. The van der Waals surface area contributed by atoms with E-state index >= 15 is 0 Å². The van der Waals surface area contributed by atoms with Crippen LogP contribution in [0.1, 0.15) is 59.7 Å². The van der Waals surface area contributed by atoms with Gasteiger partial charge in [0.25, 0.3) is 0 Å². The van der Waals surface area contributed by atoms with Crippen molar-refractivity contribution in [2.24, 2.45) is 5.41 Å². The molecule has 108 valence electrons. The first kappa shape index (κ1) is 15.8. The molecule has 0 saturated carbocycles. The van der Waals surface area contributed by atoms with Gasteiger partial charge in [-0.05, 0) is 20.3 Å². The van der Waals surface area contributed by atoms with Crippen LogP contribution < -0.4 is 0 Å². The van der Waals surface area contributed by atoms with Crippen LogP contribution in [-0.4, -0.2) is 22.5 Å². The van der Waals surface area contributed by atoms with Crippen LogP contribution in [0.25, 0.3) is 0 Å². The fraction of sp³-hybridized carbons (Fsp3) is 0.786. The second-order valence-corrected chi connectivity index (χ2v) is 5.88. The molecule has 5 nitrogen and oxygen atoms in total. The molecule has 0 N–H and O–H groups in total. The summed E-state index contributed by atoms with van der Waals surface area (Å²) in [4.78, 5) is 16.2. The molecule has 0 fully saturated rings. The number of hydrogen-bond donors (Lipinski definition) is 0. The zero-order chi connectivity index (χ0) is 14.7. The lowest BCUT2D eigenvalue weighted by molar-refractivity contribution is -0.125. The van der Waals surface area contributed by atoms with Crippen molar-refractivity contribution in [1.82, 2.24) is 10.1 Å². The standard InChI is InChI=1S/C14H24N2O3/c1-7-14(6,18-8-2)12-15-11(19-16-12)9-10(17)13(3,4)5/h7-9H2,1-6H3. The molecule has 1 aromatic rings. The molecule has 0 amide bonds. The average Bonchev–Trinajstić information content (AvgIpc) is 2.77. The van der Waals surface area contributed by atoms with E-state index < -0.39 is 11.0 Å². The van der Waals surface area contributed by atoms with Crippen molar-refractivity contribution in [2.45, 2.75) is 60.0 Å². The molecule has 5 heteroatoms. The normalized spacial score (nSPS) is 15.3. The quantitative estimate of drug-likeness (QED) is 0.793. The number of hydrogen-bond acceptors (Lipinski definition) is 5. The Morgan fingerprint density at radius 2 is 1.89 bits per heavy atom. The summed E-state index contributed by atoms with van der Waals surface area (Å²) in [6.45, 7) is 12.1. The van der Waals surface area contributed by atoms with Gasteiger partial charge in [-0.15, -0.1) is 0 Å². The van der Waals surface area contributed by atoms with Gasteiger partial charge in [0, 0.05) is 12.0 Å². The van der Waals surface area contributed by atoms with Gasteiger partial charge < -0.3 is 9.26 Å². The molecule has 19 heavy (non-hydrogen) atoms. The van der Waals surface area contributed by atoms with Crippen LogP contribution in [-0.2, 0) is 21.6 Å². The van der Waals surface area contributed by atoms with Gasteiger partial charge in [0.1, 0.15) is 11.4 Å². The molecule has 1 heterocycles. The number of ether oxygens (including phenoxy) is 1. The van der Waals surface area contributed by atoms with Crippen molar-refractivity contribution in [3.8, 4) is 0 Å². The highest BCUT2D eigenvalue weighted by Crippen LogP contribution is 2.27.